The standard InChI is InChI=1S/C6H7F3O/c7-3-1-2-4(10)6(9)5(3)8/h3,5-6H,1-2H2. The van der Waals surface area contributed by atoms with Crippen LogP contribution in [0.15, 0.2) is 0 Å². The molecule has 0 heterocycles. The molecule has 10 heavy (non-hydrogen) atoms. The maximum atomic E-state index is 12.3. The summed E-state index contributed by atoms with van der Waals surface area (Å²) in [7, 11) is 0. The molecular formula is C6H7F3O. The van der Waals surface area contributed by atoms with Crippen molar-refractivity contribution in [3.8, 4) is 0 Å². The first-order chi connectivity index (χ1) is 4.63. The zero-order chi connectivity index (χ0) is 7.72. The highest BCUT2D eigenvalue weighted by Gasteiger charge is 2.39. The van der Waals surface area contributed by atoms with E-state index in [-0.39, 0.29) is 12.8 Å². The van der Waals surface area contributed by atoms with Crippen molar-refractivity contribution in [2.24, 2.45) is 0 Å². The molecule has 0 aromatic carbocycles. The Hall–Kier alpha value is -0.540. The molecule has 1 aliphatic carbocycles. The van der Waals surface area contributed by atoms with Crippen LogP contribution in [0.4, 0.5) is 13.2 Å². The van der Waals surface area contributed by atoms with Gasteiger partial charge in [-0.15, -0.1) is 0 Å². The van der Waals surface area contributed by atoms with Gasteiger partial charge in [-0.1, -0.05) is 0 Å². The van der Waals surface area contributed by atoms with Gasteiger partial charge in [0.15, 0.2) is 18.1 Å². The van der Waals surface area contributed by atoms with Crippen LogP contribution in [0.3, 0.4) is 0 Å². The molecule has 0 amide bonds. The highest BCUT2D eigenvalue weighted by Crippen LogP contribution is 2.23. The number of carbonyl (C=O) groups excluding carboxylic acids is 1. The average molecular weight is 152 g/mol. The number of ketones is 1. The van der Waals surface area contributed by atoms with Gasteiger partial charge in [-0.05, 0) is 6.42 Å². The van der Waals surface area contributed by atoms with Crippen LogP contribution in [0.5, 0.6) is 0 Å². The maximum Gasteiger partial charge on any atom is 0.192 e. The van der Waals surface area contributed by atoms with Gasteiger partial charge in [0.1, 0.15) is 6.17 Å². The zero-order valence-corrected chi connectivity index (χ0v) is 5.19. The van der Waals surface area contributed by atoms with Crippen molar-refractivity contribution in [1.29, 1.82) is 0 Å². The molecule has 0 radical (unpaired) electrons. The van der Waals surface area contributed by atoms with Crippen molar-refractivity contribution in [2.45, 2.75) is 31.4 Å². The van der Waals surface area contributed by atoms with E-state index in [9.17, 15) is 18.0 Å². The van der Waals surface area contributed by atoms with Crippen LogP contribution in [0.25, 0.3) is 0 Å². The second-order valence-corrected chi connectivity index (χ2v) is 2.37. The van der Waals surface area contributed by atoms with Crippen molar-refractivity contribution in [1.82, 2.24) is 0 Å². The molecule has 1 nitrogen and oxygen atoms in total. The molecule has 0 bridgehead atoms. The lowest BCUT2D eigenvalue weighted by atomic mass is 9.94. The molecule has 0 saturated heterocycles. The largest absolute Gasteiger partial charge is 0.296 e. The van der Waals surface area contributed by atoms with Crippen LogP contribution < -0.4 is 0 Å². The van der Waals surface area contributed by atoms with Gasteiger partial charge in [-0.25, -0.2) is 13.2 Å². The van der Waals surface area contributed by atoms with Gasteiger partial charge in [0.05, 0.1) is 0 Å². The molecule has 1 fully saturated rings. The van der Waals surface area contributed by atoms with Crippen LogP contribution in [0, 0.1) is 0 Å². The predicted octanol–water partition coefficient (Wildman–Crippen LogP) is 1.36. The average Bonchev–Trinajstić information content (AvgIpc) is 1.93. The van der Waals surface area contributed by atoms with Crippen LogP contribution in [0.2, 0.25) is 0 Å². The van der Waals surface area contributed by atoms with E-state index in [0.717, 1.165) is 0 Å². The molecule has 0 aromatic rings. The number of hydrogen-bond acceptors (Lipinski definition) is 1. The second-order valence-electron chi connectivity index (χ2n) is 2.37. The van der Waals surface area contributed by atoms with E-state index >= 15 is 0 Å². The van der Waals surface area contributed by atoms with Crippen molar-refractivity contribution < 1.29 is 18.0 Å². The summed E-state index contributed by atoms with van der Waals surface area (Å²) in [5, 5.41) is 0. The highest BCUT2D eigenvalue weighted by molar-refractivity contribution is 5.84. The number of Topliss-reactive ketones (excluding diaryl/α,β-unsaturated/α-hetero) is 1. The van der Waals surface area contributed by atoms with Gasteiger partial charge in [0.2, 0.25) is 0 Å². The van der Waals surface area contributed by atoms with Gasteiger partial charge < -0.3 is 0 Å². The Balaban J connectivity index is 2.60. The molecule has 1 saturated carbocycles. The smallest absolute Gasteiger partial charge is 0.192 e. The van der Waals surface area contributed by atoms with Crippen molar-refractivity contribution >= 4 is 5.78 Å². The van der Waals surface area contributed by atoms with Crippen LogP contribution >= 0.6 is 0 Å². The first-order valence-corrected chi connectivity index (χ1v) is 3.08. The lowest BCUT2D eigenvalue weighted by Crippen LogP contribution is -2.39. The Morgan fingerprint density at radius 3 is 2.40 bits per heavy atom. The summed E-state index contributed by atoms with van der Waals surface area (Å²) >= 11 is 0. The minimum Gasteiger partial charge on any atom is -0.296 e. The predicted molar refractivity (Wildman–Crippen MR) is 28.9 cm³/mol. The normalized spacial score (nSPS) is 41.9. The molecule has 58 valence electrons. The van der Waals surface area contributed by atoms with E-state index in [1.54, 1.807) is 0 Å². The summed E-state index contributed by atoms with van der Waals surface area (Å²) in [6.07, 6.45) is -6.62. The number of rotatable bonds is 0. The quantitative estimate of drug-likeness (QED) is 0.512. The Morgan fingerprint density at radius 2 is 1.90 bits per heavy atom. The van der Waals surface area contributed by atoms with Gasteiger partial charge >= 0.3 is 0 Å². The molecular weight excluding hydrogens is 145 g/mol. The molecule has 0 aromatic heterocycles. The van der Waals surface area contributed by atoms with Crippen molar-refractivity contribution in [2.75, 3.05) is 0 Å². The SMILES string of the molecule is O=C1CCC(F)C(F)C1F. The fraction of sp³-hybridized carbons (Fsp3) is 0.833. The molecule has 4 heteroatoms. The molecule has 1 rings (SSSR count). The molecule has 1 aliphatic rings. The summed E-state index contributed by atoms with van der Waals surface area (Å²) in [4.78, 5) is 10.4. The van der Waals surface area contributed by atoms with Gasteiger partial charge in [-0.2, -0.15) is 0 Å². The van der Waals surface area contributed by atoms with E-state index in [0.29, 0.717) is 0 Å². The summed E-state index contributed by atoms with van der Waals surface area (Å²) in [5.74, 6) is -0.818. The van der Waals surface area contributed by atoms with Gasteiger partial charge in [0.25, 0.3) is 0 Å². The van der Waals surface area contributed by atoms with Crippen LogP contribution in [-0.4, -0.2) is 24.3 Å². The molecule has 3 atom stereocenters. The Kier molecular flexibility index (Phi) is 1.97. The van der Waals surface area contributed by atoms with Crippen LogP contribution in [-0.2, 0) is 4.79 Å². The summed E-state index contributed by atoms with van der Waals surface area (Å²) in [5.41, 5.74) is 0. The number of halogens is 3. The summed E-state index contributed by atoms with van der Waals surface area (Å²) in [6, 6.07) is 0. The van der Waals surface area contributed by atoms with Crippen LogP contribution in [0.1, 0.15) is 12.8 Å². The third-order valence-electron chi connectivity index (χ3n) is 1.60. The molecule has 0 spiro atoms. The van der Waals surface area contributed by atoms with E-state index in [1.807, 2.05) is 0 Å². The number of alkyl halides is 3. The number of carbonyl (C=O) groups is 1. The fourth-order valence-corrected chi connectivity index (χ4v) is 0.938. The summed E-state index contributed by atoms with van der Waals surface area (Å²) < 4.78 is 36.7. The monoisotopic (exact) mass is 152 g/mol. The first-order valence-electron chi connectivity index (χ1n) is 3.08. The lowest BCUT2D eigenvalue weighted by Gasteiger charge is -2.21. The van der Waals surface area contributed by atoms with E-state index < -0.39 is 24.3 Å². The zero-order valence-electron chi connectivity index (χ0n) is 5.19. The highest BCUT2D eigenvalue weighted by atomic mass is 19.2. The maximum absolute atomic E-state index is 12.3. The topological polar surface area (TPSA) is 17.1 Å². The van der Waals surface area contributed by atoms with E-state index in [2.05, 4.69) is 0 Å². The van der Waals surface area contributed by atoms with E-state index in [1.165, 1.54) is 0 Å². The minimum absolute atomic E-state index is 0.178. The summed E-state index contributed by atoms with van der Waals surface area (Å²) in [6.45, 7) is 0. The fourth-order valence-electron chi connectivity index (χ4n) is 0.938. The first kappa shape index (κ1) is 7.57. The third-order valence-corrected chi connectivity index (χ3v) is 1.60. The van der Waals surface area contributed by atoms with E-state index in [4.69, 9.17) is 0 Å². The Bertz CT molecular complexity index is 148. The lowest BCUT2D eigenvalue weighted by molar-refractivity contribution is -0.131. The molecule has 3 unspecified atom stereocenters. The minimum atomic E-state index is -2.23. The van der Waals surface area contributed by atoms with Gasteiger partial charge in [0, 0.05) is 6.42 Å². The Labute approximate surface area is 56.2 Å². The van der Waals surface area contributed by atoms with Crippen molar-refractivity contribution in [3.05, 3.63) is 0 Å². The Morgan fingerprint density at radius 1 is 1.30 bits per heavy atom. The molecule has 0 N–H and O–H groups in total. The molecule has 0 aliphatic heterocycles. The van der Waals surface area contributed by atoms with Gasteiger partial charge in [-0.3, -0.25) is 4.79 Å². The second kappa shape index (κ2) is 2.60. The number of hydrogen-bond donors (Lipinski definition) is 0. The van der Waals surface area contributed by atoms with Crippen molar-refractivity contribution in [3.63, 3.8) is 0 Å². The third kappa shape index (κ3) is 1.15.